The first kappa shape index (κ1) is 13.4. The zero-order valence-electron chi connectivity index (χ0n) is 10.0. The number of ketones is 1. The van der Waals surface area contributed by atoms with E-state index in [2.05, 4.69) is 40.2 Å². The van der Waals surface area contributed by atoms with Gasteiger partial charge in [-0.25, -0.2) is 0 Å². The van der Waals surface area contributed by atoms with Crippen molar-refractivity contribution in [1.29, 1.82) is 0 Å². The Kier molecular flexibility index (Phi) is 4.61. The average Bonchev–Trinajstić information content (AvgIpc) is 2.38. The zero-order chi connectivity index (χ0) is 13.0. The Morgan fingerprint density at radius 3 is 2.22 bits per heavy atom. The molecule has 0 radical (unpaired) electrons. The highest BCUT2D eigenvalue weighted by atomic mass is 79.9. The molecular weight excluding hydrogens is 308 g/mol. The van der Waals surface area contributed by atoms with Crippen LogP contribution >= 0.6 is 27.7 Å². The second-order valence-corrected chi connectivity index (χ2v) is 5.96. The SMILES string of the molecule is CC(=O)c1ccc(SCc2ccc(Br)cc2)cc1. The first-order chi connectivity index (χ1) is 8.65. The number of halogens is 1. The Balaban J connectivity index is 1.97. The molecule has 2 aromatic rings. The molecule has 0 atom stereocenters. The van der Waals surface area contributed by atoms with Crippen molar-refractivity contribution in [1.82, 2.24) is 0 Å². The number of thioether (sulfide) groups is 1. The van der Waals surface area contributed by atoms with Gasteiger partial charge in [0.25, 0.3) is 0 Å². The molecule has 18 heavy (non-hydrogen) atoms. The topological polar surface area (TPSA) is 17.1 Å². The highest BCUT2D eigenvalue weighted by Crippen LogP contribution is 2.24. The van der Waals surface area contributed by atoms with Crippen molar-refractivity contribution < 1.29 is 4.79 Å². The van der Waals surface area contributed by atoms with Gasteiger partial charge in [-0.2, -0.15) is 0 Å². The van der Waals surface area contributed by atoms with Gasteiger partial charge in [0.15, 0.2) is 5.78 Å². The minimum absolute atomic E-state index is 0.111. The molecule has 0 spiro atoms. The molecule has 0 N–H and O–H groups in total. The third-order valence-corrected chi connectivity index (χ3v) is 4.19. The number of benzene rings is 2. The fourth-order valence-electron chi connectivity index (χ4n) is 1.53. The predicted octanol–water partition coefficient (Wildman–Crippen LogP) is 4.94. The molecule has 2 rings (SSSR count). The number of hydrogen-bond acceptors (Lipinski definition) is 2. The Hall–Kier alpha value is -1.06. The van der Waals surface area contributed by atoms with Crippen molar-refractivity contribution in [2.45, 2.75) is 17.6 Å². The van der Waals surface area contributed by atoms with Gasteiger partial charge < -0.3 is 0 Å². The molecule has 0 bridgehead atoms. The van der Waals surface area contributed by atoms with Crippen molar-refractivity contribution in [2.24, 2.45) is 0 Å². The van der Waals surface area contributed by atoms with E-state index in [0.29, 0.717) is 0 Å². The highest BCUT2D eigenvalue weighted by molar-refractivity contribution is 9.10. The maximum Gasteiger partial charge on any atom is 0.159 e. The summed E-state index contributed by atoms with van der Waals surface area (Å²) in [6.07, 6.45) is 0. The normalized spacial score (nSPS) is 10.3. The molecule has 0 amide bonds. The minimum atomic E-state index is 0.111. The standard InChI is InChI=1S/C15H13BrOS/c1-11(17)13-4-8-15(9-5-13)18-10-12-2-6-14(16)7-3-12/h2-9H,10H2,1H3. The van der Waals surface area contributed by atoms with Crippen LogP contribution in [0.3, 0.4) is 0 Å². The largest absolute Gasteiger partial charge is 0.295 e. The van der Waals surface area contributed by atoms with Crippen LogP contribution in [0.5, 0.6) is 0 Å². The van der Waals surface area contributed by atoms with Crippen LogP contribution in [0, 0.1) is 0 Å². The van der Waals surface area contributed by atoms with E-state index in [-0.39, 0.29) is 5.78 Å². The van der Waals surface area contributed by atoms with Gasteiger partial charge in [0.05, 0.1) is 0 Å². The summed E-state index contributed by atoms with van der Waals surface area (Å²) in [5, 5.41) is 0. The quantitative estimate of drug-likeness (QED) is 0.586. The average molecular weight is 321 g/mol. The van der Waals surface area contributed by atoms with Crippen LogP contribution in [0.15, 0.2) is 57.9 Å². The van der Waals surface area contributed by atoms with Crippen LogP contribution in [0.25, 0.3) is 0 Å². The molecule has 0 aliphatic carbocycles. The molecule has 0 saturated heterocycles. The van der Waals surface area contributed by atoms with Crippen molar-refractivity contribution in [3.05, 3.63) is 64.1 Å². The molecule has 92 valence electrons. The lowest BCUT2D eigenvalue weighted by Gasteiger charge is -2.03. The third kappa shape index (κ3) is 3.72. The van der Waals surface area contributed by atoms with Crippen LogP contribution in [-0.4, -0.2) is 5.78 Å². The summed E-state index contributed by atoms with van der Waals surface area (Å²) in [5.74, 6) is 1.05. The van der Waals surface area contributed by atoms with Crippen molar-refractivity contribution in [3.63, 3.8) is 0 Å². The summed E-state index contributed by atoms with van der Waals surface area (Å²) in [4.78, 5) is 12.3. The van der Waals surface area contributed by atoms with Gasteiger partial charge in [-0.3, -0.25) is 4.79 Å². The Morgan fingerprint density at radius 2 is 1.67 bits per heavy atom. The Morgan fingerprint density at radius 1 is 1.06 bits per heavy atom. The van der Waals surface area contributed by atoms with Gasteiger partial charge in [0.1, 0.15) is 0 Å². The molecule has 0 unspecified atom stereocenters. The second kappa shape index (κ2) is 6.21. The molecule has 2 aromatic carbocycles. The van der Waals surface area contributed by atoms with E-state index in [0.717, 1.165) is 15.8 Å². The van der Waals surface area contributed by atoms with Crippen LogP contribution < -0.4 is 0 Å². The molecule has 0 heterocycles. The second-order valence-electron chi connectivity index (χ2n) is 4.00. The minimum Gasteiger partial charge on any atom is -0.295 e. The van der Waals surface area contributed by atoms with E-state index in [9.17, 15) is 4.79 Å². The van der Waals surface area contributed by atoms with E-state index in [1.54, 1.807) is 18.7 Å². The maximum atomic E-state index is 11.2. The number of carbonyl (C=O) groups is 1. The van der Waals surface area contributed by atoms with E-state index in [1.165, 1.54) is 10.5 Å². The number of Topliss-reactive ketones (excluding diaryl/α,β-unsaturated/α-hetero) is 1. The molecule has 0 fully saturated rings. The Bertz CT molecular complexity index is 531. The number of hydrogen-bond donors (Lipinski definition) is 0. The molecule has 0 aromatic heterocycles. The number of rotatable bonds is 4. The first-order valence-electron chi connectivity index (χ1n) is 5.63. The van der Waals surface area contributed by atoms with Crippen LogP contribution in [0.4, 0.5) is 0 Å². The van der Waals surface area contributed by atoms with Gasteiger partial charge >= 0.3 is 0 Å². The van der Waals surface area contributed by atoms with Crippen LogP contribution in [0.1, 0.15) is 22.8 Å². The lowest BCUT2D eigenvalue weighted by atomic mass is 10.2. The molecule has 0 aliphatic heterocycles. The smallest absolute Gasteiger partial charge is 0.159 e. The molecule has 3 heteroatoms. The summed E-state index contributed by atoms with van der Waals surface area (Å²) in [6.45, 7) is 1.59. The van der Waals surface area contributed by atoms with E-state index in [1.807, 2.05) is 24.3 Å². The fourth-order valence-corrected chi connectivity index (χ4v) is 2.65. The molecular formula is C15H13BrOS. The van der Waals surface area contributed by atoms with Crippen molar-refractivity contribution in [2.75, 3.05) is 0 Å². The van der Waals surface area contributed by atoms with E-state index < -0.39 is 0 Å². The lowest BCUT2D eigenvalue weighted by molar-refractivity contribution is 0.101. The van der Waals surface area contributed by atoms with Gasteiger partial charge in [0, 0.05) is 20.7 Å². The first-order valence-corrected chi connectivity index (χ1v) is 7.41. The third-order valence-electron chi connectivity index (χ3n) is 2.58. The van der Waals surface area contributed by atoms with Gasteiger partial charge in [-0.1, -0.05) is 40.2 Å². The molecule has 0 aliphatic rings. The predicted molar refractivity (Wildman–Crippen MR) is 80.1 cm³/mol. The van der Waals surface area contributed by atoms with Gasteiger partial charge in [-0.05, 0) is 36.8 Å². The Labute approximate surface area is 120 Å². The maximum absolute atomic E-state index is 11.2. The monoisotopic (exact) mass is 320 g/mol. The van der Waals surface area contributed by atoms with Gasteiger partial charge in [0.2, 0.25) is 0 Å². The van der Waals surface area contributed by atoms with Crippen molar-refractivity contribution >= 4 is 33.5 Å². The number of carbonyl (C=O) groups excluding carboxylic acids is 1. The fraction of sp³-hybridized carbons (Fsp3) is 0.133. The van der Waals surface area contributed by atoms with Gasteiger partial charge in [-0.15, -0.1) is 11.8 Å². The van der Waals surface area contributed by atoms with E-state index in [4.69, 9.17) is 0 Å². The van der Waals surface area contributed by atoms with E-state index >= 15 is 0 Å². The molecule has 0 saturated carbocycles. The summed E-state index contributed by atoms with van der Waals surface area (Å²) in [6, 6.07) is 16.1. The summed E-state index contributed by atoms with van der Waals surface area (Å²) in [5.41, 5.74) is 2.06. The summed E-state index contributed by atoms with van der Waals surface area (Å²) >= 11 is 5.20. The van der Waals surface area contributed by atoms with Crippen LogP contribution in [0.2, 0.25) is 0 Å². The van der Waals surface area contributed by atoms with Crippen molar-refractivity contribution in [3.8, 4) is 0 Å². The lowest BCUT2D eigenvalue weighted by Crippen LogP contribution is -1.90. The zero-order valence-corrected chi connectivity index (χ0v) is 12.4. The highest BCUT2D eigenvalue weighted by Gasteiger charge is 2.00. The molecule has 1 nitrogen and oxygen atoms in total. The summed E-state index contributed by atoms with van der Waals surface area (Å²) < 4.78 is 1.10. The van der Waals surface area contributed by atoms with Crippen LogP contribution in [-0.2, 0) is 5.75 Å². The summed E-state index contributed by atoms with van der Waals surface area (Å²) in [7, 11) is 0.